The molecule has 26 heavy (non-hydrogen) atoms. The van der Waals surface area contributed by atoms with Gasteiger partial charge in [-0.25, -0.2) is 4.99 Å². The van der Waals surface area contributed by atoms with Gasteiger partial charge in [0.25, 0.3) is 0 Å². The normalized spacial score (nSPS) is 20.6. The molecule has 2 aromatic rings. The monoisotopic (exact) mass is 351 g/mol. The molecule has 2 atom stereocenters. The van der Waals surface area contributed by atoms with E-state index < -0.39 is 0 Å². The predicted octanol–water partition coefficient (Wildman–Crippen LogP) is 3.86. The highest BCUT2D eigenvalue weighted by Crippen LogP contribution is 2.33. The molecule has 0 aliphatic carbocycles. The van der Waals surface area contributed by atoms with E-state index in [1.54, 1.807) is 0 Å². The molecule has 2 unspecified atom stereocenters. The summed E-state index contributed by atoms with van der Waals surface area (Å²) in [5.74, 6) is 1.37. The third-order valence-electron chi connectivity index (χ3n) is 4.77. The lowest BCUT2D eigenvalue weighted by Gasteiger charge is -2.33. The molecule has 138 valence electrons. The maximum Gasteiger partial charge on any atom is 0.193 e. The molecule has 2 aromatic carbocycles. The van der Waals surface area contributed by atoms with Crippen molar-refractivity contribution in [3.8, 4) is 0 Å². The molecule has 4 nitrogen and oxygen atoms in total. The van der Waals surface area contributed by atoms with Crippen LogP contribution in [0.3, 0.4) is 0 Å². The minimum absolute atomic E-state index is 0.162. The number of aliphatic imine (C=N–C) groups is 1. The van der Waals surface area contributed by atoms with Crippen molar-refractivity contribution in [1.29, 1.82) is 0 Å². The molecule has 1 heterocycles. The zero-order valence-electron chi connectivity index (χ0n) is 15.8. The Kier molecular flexibility index (Phi) is 6.67. The molecule has 0 aromatic heterocycles. The molecular weight excluding hydrogens is 322 g/mol. The zero-order valence-corrected chi connectivity index (χ0v) is 15.8. The molecule has 0 amide bonds. The first-order valence-corrected chi connectivity index (χ1v) is 9.40. The maximum atomic E-state index is 6.11. The number of benzene rings is 2. The molecule has 1 aliphatic rings. The number of nitrogens with one attached hydrogen (secondary N) is 1. The third-order valence-corrected chi connectivity index (χ3v) is 4.77. The topological polar surface area (TPSA) is 36.9 Å². The molecule has 0 saturated carbocycles. The van der Waals surface area contributed by atoms with Crippen LogP contribution in [0.15, 0.2) is 65.7 Å². The van der Waals surface area contributed by atoms with E-state index in [0.717, 1.165) is 25.5 Å². The van der Waals surface area contributed by atoms with E-state index >= 15 is 0 Å². The number of guanidine groups is 1. The summed E-state index contributed by atoms with van der Waals surface area (Å²) >= 11 is 0. The summed E-state index contributed by atoms with van der Waals surface area (Å²) in [6.45, 7) is 2.40. The van der Waals surface area contributed by atoms with Crippen molar-refractivity contribution in [2.24, 2.45) is 10.9 Å². The van der Waals surface area contributed by atoms with Crippen LogP contribution in [0.1, 0.15) is 30.1 Å². The minimum Gasteiger partial charge on any atom is -0.373 e. The van der Waals surface area contributed by atoms with Gasteiger partial charge in [-0.2, -0.15) is 0 Å². The first-order chi connectivity index (χ1) is 12.7. The molecule has 1 saturated heterocycles. The van der Waals surface area contributed by atoms with Gasteiger partial charge in [0.1, 0.15) is 0 Å². The van der Waals surface area contributed by atoms with Gasteiger partial charge in [0.2, 0.25) is 0 Å². The van der Waals surface area contributed by atoms with Gasteiger partial charge in [-0.15, -0.1) is 0 Å². The summed E-state index contributed by atoms with van der Waals surface area (Å²) in [5, 5.41) is 3.55. The van der Waals surface area contributed by atoms with Crippen LogP contribution in [-0.2, 0) is 11.3 Å². The van der Waals surface area contributed by atoms with Crippen molar-refractivity contribution in [2.75, 3.05) is 27.2 Å². The Hall–Kier alpha value is -2.33. The van der Waals surface area contributed by atoms with Crippen molar-refractivity contribution < 1.29 is 4.74 Å². The largest absolute Gasteiger partial charge is 0.373 e. The van der Waals surface area contributed by atoms with E-state index in [9.17, 15) is 0 Å². The lowest BCUT2D eigenvalue weighted by atomic mass is 9.89. The molecular formula is C22H29N3O. The Balaban J connectivity index is 1.63. The van der Waals surface area contributed by atoms with Gasteiger partial charge in [-0.3, -0.25) is 0 Å². The number of ether oxygens (including phenoxy) is 1. The van der Waals surface area contributed by atoms with E-state index in [4.69, 9.17) is 9.73 Å². The second-order valence-electron chi connectivity index (χ2n) is 7.01. The number of hydrogen-bond donors (Lipinski definition) is 1. The molecule has 4 heteroatoms. The van der Waals surface area contributed by atoms with Gasteiger partial charge >= 0.3 is 0 Å². The van der Waals surface area contributed by atoms with Crippen LogP contribution < -0.4 is 5.32 Å². The number of rotatable bonds is 5. The van der Waals surface area contributed by atoms with Crippen molar-refractivity contribution in [2.45, 2.75) is 25.5 Å². The van der Waals surface area contributed by atoms with Crippen LogP contribution in [0.2, 0.25) is 0 Å². The Morgan fingerprint density at radius 3 is 2.46 bits per heavy atom. The summed E-state index contributed by atoms with van der Waals surface area (Å²) in [6, 6.07) is 20.9. The SMILES string of the molecule is CN(C)C(=NCc1ccccc1)NCC1CCCOC1c1ccccc1. The minimum atomic E-state index is 0.162. The Morgan fingerprint density at radius 2 is 1.77 bits per heavy atom. The van der Waals surface area contributed by atoms with Gasteiger partial charge < -0.3 is 15.0 Å². The van der Waals surface area contributed by atoms with Crippen molar-refractivity contribution >= 4 is 5.96 Å². The summed E-state index contributed by atoms with van der Waals surface area (Å²) in [4.78, 5) is 6.81. The van der Waals surface area contributed by atoms with E-state index in [1.165, 1.54) is 17.5 Å². The first kappa shape index (κ1) is 18.5. The fourth-order valence-electron chi connectivity index (χ4n) is 3.39. The van der Waals surface area contributed by atoms with E-state index in [-0.39, 0.29) is 6.10 Å². The van der Waals surface area contributed by atoms with Crippen LogP contribution >= 0.6 is 0 Å². The van der Waals surface area contributed by atoms with Gasteiger partial charge in [0.05, 0.1) is 12.6 Å². The Morgan fingerprint density at radius 1 is 1.08 bits per heavy atom. The van der Waals surface area contributed by atoms with Crippen LogP contribution in [0.4, 0.5) is 0 Å². The average Bonchev–Trinajstić information content (AvgIpc) is 2.69. The van der Waals surface area contributed by atoms with Crippen LogP contribution in [0.5, 0.6) is 0 Å². The molecule has 1 N–H and O–H groups in total. The van der Waals surface area contributed by atoms with Gasteiger partial charge in [0, 0.05) is 33.2 Å². The third kappa shape index (κ3) is 5.09. The fourth-order valence-corrected chi connectivity index (χ4v) is 3.39. The highest BCUT2D eigenvalue weighted by atomic mass is 16.5. The molecule has 0 bridgehead atoms. The van der Waals surface area contributed by atoms with E-state index in [2.05, 4.69) is 59.9 Å². The second kappa shape index (κ2) is 9.39. The standard InChI is InChI=1S/C22H29N3O/c1-25(2)22(23-16-18-10-5-3-6-11-18)24-17-20-14-9-15-26-21(20)19-12-7-4-8-13-19/h3-8,10-13,20-21H,9,14-17H2,1-2H3,(H,23,24). The maximum absolute atomic E-state index is 6.11. The molecule has 1 aliphatic heterocycles. The summed E-state index contributed by atoms with van der Waals surface area (Å²) < 4.78 is 6.11. The predicted molar refractivity (Wildman–Crippen MR) is 107 cm³/mol. The van der Waals surface area contributed by atoms with Crippen molar-refractivity contribution in [1.82, 2.24) is 10.2 Å². The second-order valence-corrected chi connectivity index (χ2v) is 7.01. The molecule has 0 radical (unpaired) electrons. The van der Waals surface area contributed by atoms with E-state index in [0.29, 0.717) is 12.5 Å². The lowest BCUT2D eigenvalue weighted by molar-refractivity contribution is -0.0266. The van der Waals surface area contributed by atoms with Crippen LogP contribution in [0.25, 0.3) is 0 Å². The fraction of sp³-hybridized carbons (Fsp3) is 0.409. The van der Waals surface area contributed by atoms with Crippen molar-refractivity contribution in [3.05, 3.63) is 71.8 Å². The summed E-state index contributed by atoms with van der Waals surface area (Å²) in [7, 11) is 4.06. The quantitative estimate of drug-likeness (QED) is 0.656. The smallest absolute Gasteiger partial charge is 0.193 e. The zero-order chi connectivity index (χ0) is 18.2. The Bertz CT molecular complexity index is 685. The lowest BCUT2D eigenvalue weighted by Crippen LogP contribution is -2.41. The van der Waals surface area contributed by atoms with E-state index in [1.807, 2.05) is 25.1 Å². The Labute approximate surface area is 156 Å². The highest BCUT2D eigenvalue weighted by Gasteiger charge is 2.27. The molecule has 3 rings (SSSR count). The van der Waals surface area contributed by atoms with Gasteiger partial charge in [-0.1, -0.05) is 60.7 Å². The van der Waals surface area contributed by atoms with Crippen molar-refractivity contribution in [3.63, 3.8) is 0 Å². The van der Waals surface area contributed by atoms with Crippen LogP contribution in [0, 0.1) is 5.92 Å². The summed E-state index contributed by atoms with van der Waals surface area (Å²) in [6.07, 6.45) is 2.45. The van der Waals surface area contributed by atoms with Gasteiger partial charge in [-0.05, 0) is 24.0 Å². The number of nitrogens with zero attached hydrogens (tertiary/aromatic N) is 2. The highest BCUT2D eigenvalue weighted by molar-refractivity contribution is 5.79. The van der Waals surface area contributed by atoms with Gasteiger partial charge in [0.15, 0.2) is 5.96 Å². The molecule has 0 spiro atoms. The first-order valence-electron chi connectivity index (χ1n) is 9.40. The average molecular weight is 351 g/mol. The molecule has 1 fully saturated rings. The number of hydrogen-bond acceptors (Lipinski definition) is 2. The van der Waals surface area contributed by atoms with Crippen LogP contribution in [-0.4, -0.2) is 38.1 Å². The summed E-state index contributed by atoms with van der Waals surface area (Å²) in [5.41, 5.74) is 2.49.